The molecule has 0 atom stereocenters. The fourth-order valence-corrected chi connectivity index (χ4v) is 2.61. The van der Waals surface area contributed by atoms with Gasteiger partial charge in [0.15, 0.2) is 0 Å². The van der Waals surface area contributed by atoms with Gasteiger partial charge >= 0.3 is 0 Å². The summed E-state index contributed by atoms with van der Waals surface area (Å²) in [5.74, 6) is 0.897. The third-order valence-electron chi connectivity index (χ3n) is 3.90. The molecule has 2 N–H and O–H groups in total. The van der Waals surface area contributed by atoms with E-state index in [1.807, 2.05) is 0 Å². The number of carbonyl (C=O) groups is 1. The first-order valence-electron chi connectivity index (χ1n) is 8.56. The highest BCUT2D eigenvalue weighted by Gasteiger charge is 2.15. The topological polar surface area (TPSA) is 66.9 Å². The van der Waals surface area contributed by atoms with Crippen LogP contribution < -0.4 is 10.6 Å². The smallest absolute Gasteiger partial charge is 0.270 e. The summed E-state index contributed by atoms with van der Waals surface area (Å²) in [7, 11) is 0. The Bertz CT molecular complexity index is 727. The van der Waals surface area contributed by atoms with Crippen molar-refractivity contribution < 1.29 is 4.79 Å². The highest BCUT2D eigenvalue weighted by atomic mass is 16.1. The van der Waals surface area contributed by atoms with E-state index in [0.717, 1.165) is 5.69 Å². The van der Waals surface area contributed by atoms with E-state index in [2.05, 4.69) is 73.1 Å². The van der Waals surface area contributed by atoms with Crippen LogP contribution in [0.1, 0.15) is 61.1 Å². The van der Waals surface area contributed by atoms with Crippen LogP contribution in [-0.2, 0) is 0 Å². The SMILES string of the molecule is C=CCNC(=O)c1ccnc(Nc2c(C(C)C)cccc2C(C)C)n1. The van der Waals surface area contributed by atoms with Crippen LogP contribution in [0.3, 0.4) is 0 Å². The number of carbonyl (C=O) groups excluding carboxylic acids is 1. The Kier molecular flexibility index (Phi) is 6.28. The van der Waals surface area contributed by atoms with E-state index in [1.165, 1.54) is 11.1 Å². The maximum Gasteiger partial charge on any atom is 0.270 e. The average molecular weight is 338 g/mol. The van der Waals surface area contributed by atoms with Crippen molar-refractivity contribution in [3.05, 3.63) is 59.9 Å². The number of para-hydroxylation sites is 1. The van der Waals surface area contributed by atoms with Gasteiger partial charge in [0.25, 0.3) is 5.91 Å². The summed E-state index contributed by atoms with van der Waals surface area (Å²) in [5, 5.41) is 6.06. The molecule has 0 saturated carbocycles. The molecule has 0 aliphatic carbocycles. The molecule has 0 fully saturated rings. The Morgan fingerprint density at radius 3 is 2.36 bits per heavy atom. The molecular weight excluding hydrogens is 312 g/mol. The molecule has 1 aromatic carbocycles. The number of hydrogen-bond donors (Lipinski definition) is 2. The lowest BCUT2D eigenvalue weighted by Gasteiger charge is -2.20. The maximum atomic E-state index is 12.1. The van der Waals surface area contributed by atoms with Crippen molar-refractivity contribution in [1.82, 2.24) is 15.3 Å². The molecule has 0 spiro atoms. The minimum Gasteiger partial charge on any atom is -0.347 e. The lowest BCUT2D eigenvalue weighted by Crippen LogP contribution is -2.24. The number of amides is 1. The Labute approximate surface area is 149 Å². The molecule has 1 aromatic heterocycles. The predicted molar refractivity (Wildman–Crippen MR) is 102 cm³/mol. The molecule has 0 saturated heterocycles. The van der Waals surface area contributed by atoms with Crippen LogP contribution >= 0.6 is 0 Å². The van der Waals surface area contributed by atoms with Crippen LogP contribution in [0.15, 0.2) is 43.1 Å². The molecule has 2 aromatic rings. The summed E-state index contributed by atoms with van der Waals surface area (Å²) in [4.78, 5) is 20.7. The number of benzene rings is 1. The summed E-state index contributed by atoms with van der Waals surface area (Å²) in [5.41, 5.74) is 3.76. The summed E-state index contributed by atoms with van der Waals surface area (Å²) >= 11 is 0. The van der Waals surface area contributed by atoms with Crippen molar-refractivity contribution in [3.63, 3.8) is 0 Å². The second-order valence-electron chi connectivity index (χ2n) is 6.51. The van der Waals surface area contributed by atoms with Crippen molar-refractivity contribution in [2.24, 2.45) is 0 Å². The van der Waals surface area contributed by atoms with Gasteiger partial charge in [-0.2, -0.15) is 0 Å². The van der Waals surface area contributed by atoms with Gasteiger partial charge in [0.05, 0.1) is 0 Å². The van der Waals surface area contributed by atoms with Gasteiger partial charge in [-0.25, -0.2) is 9.97 Å². The molecule has 0 unspecified atom stereocenters. The molecule has 0 aliphatic heterocycles. The first-order chi connectivity index (χ1) is 11.9. The number of nitrogens with one attached hydrogen (secondary N) is 2. The van der Waals surface area contributed by atoms with Crippen LogP contribution in [0, 0.1) is 0 Å². The Balaban J connectivity index is 2.36. The monoisotopic (exact) mass is 338 g/mol. The van der Waals surface area contributed by atoms with Gasteiger partial charge in [-0.1, -0.05) is 52.0 Å². The zero-order valence-electron chi connectivity index (χ0n) is 15.3. The lowest BCUT2D eigenvalue weighted by atomic mass is 9.93. The highest BCUT2D eigenvalue weighted by Crippen LogP contribution is 2.33. The van der Waals surface area contributed by atoms with Crippen molar-refractivity contribution in [2.45, 2.75) is 39.5 Å². The minimum atomic E-state index is -0.244. The minimum absolute atomic E-state index is 0.244. The lowest BCUT2D eigenvalue weighted by molar-refractivity contribution is 0.0953. The Morgan fingerprint density at radius 1 is 1.16 bits per heavy atom. The predicted octanol–water partition coefficient (Wildman–Crippen LogP) is 4.38. The summed E-state index contributed by atoms with van der Waals surface area (Å²) in [6, 6.07) is 7.90. The number of rotatable bonds is 7. The zero-order chi connectivity index (χ0) is 18.4. The van der Waals surface area contributed by atoms with Gasteiger partial charge < -0.3 is 10.6 Å². The largest absolute Gasteiger partial charge is 0.347 e. The second-order valence-corrected chi connectivity index (χ2v) is 6.51. The number of aromatic nitrogens is 2. The normalized spacial score (nSPS) is 10.8. The van der Waals surface area contributed by atoms with E-state index >= 15 is 0 Å². The standard InChI is InChI=1S/C20H26N4O/c1-6-11-21-19(25)17-10-12-22-20(23-17)24-18-15(13(2)3)8-7-9-16(18)14(4)5/h6-10,12-14H,1,11H2,2-5H3,(H,21,25)(H,22,23,24). The second kappa shape index (κ2) is 8.42. The molecule has 25 heavy (non-hydrogen) atoms. The van der Waals surface area contributed by atoms with Gasteiger partial charge in [-0.05, 0) is 29.0 Å². The molecule has 1 heterocycles. The van der Waals surface area contributed by atoms with Crippen molar-refractivity contribution in [2.75, 3.05) is 11.9 Å². The molecule has 1 amide bonds. The van der Waals surface area contributed by atoms with Crippen LogP contribution in [0.4, 0.5) is 11.6 Å². The Hall–Kier alpha value is -2.69. The zero-order valence-corrected chi connectivity index (χ0v) is 15.3. The number of nitrogens with zero attached hydrogens (tertiary/aromatic N) is 2. The van der Waals surface area contributed by atoms with Gasteiger partial charge in [-0.3, -0.25) is 4.79 Å². The quantitative estimate of drug-likeness (QED) is 0.735. The Morgan fingerprint density at radius 2 is 1.80 bits per heavy atom. The third kappa shape index (κ3) is 4.66. The summed E-state index contributed by atoms with van der Waals surface area (Å²) in [6.45, 7) is 12.6. The maximum absolute atomic E-state index is 12.1. The van der Waals surface area contributed by atoms with Gasteiger partial charge in [0.1, 0.15) is 5.69 Å². The van der Waals surface area contributed by atoms with Gasteiger partial charge in [0, 0.05) is 18.4 Å². The molecule has 5 nitrogen and oxygen atoms in total. The first-order valence-corrected chi connectivity index (χ1v) is 8.56. The van der Waals surface area contributed by atoms with E-state index in [-0.39, 0.29) is 5.91 Å². The van der Waals surface area contributed by atoms with Gasteiger partial charge in [0.2, 0.25) is 5.95 Å². The van der Waals surface area contributed by atoms with Gasteiger partial charge in [-0.15, -0.1) is 6.58 Å². The van der Waals surface area contributed by atoms with Crippen LogP contribution in [0.25, 0.3) is 0 Å². The summed E-state index contributed by atoms with van der Waals surface area (Å²) < 4.78 is 0. The van der Waals surface area contributed by atoms with Crippen molar-refractivity contribution in [3.8, 4) is 0 Å². The van der Waals surface area contributed by atoms with Crippen LogP contribution in [0.5, 0.6) is 0 Å². The fraction of sp³-hybridized carbons (Fsp3) is 0.350. The van der Waals surface area contributed by atoms with E-state index in [1.54, 1.807) is 18.3 Å². The molecular formula is C20H26N4O. The molecule has 0 bridgehead atoms. The molecule has 5 heteroatoms. The van der Waals surface area contributed by atoms with E-state index < -0.39 is 0 Å². The molecule has 0 aliphatic rings. The average Bonchev–Trinajstić information content (AvgIpc) is 2.59. The van der Waals surface area contributed by atoms with Crippen molar-refractivity contribution in [1.29, 1.82) is 0 Å². The molecule has 132 valence electrons. The molecule has 2 rings (SSSR count). The molecule has 0 radical (unpaired) electrons. The van der Waals surface area contributed by atoms with E-state index in [0.29, 0.717) is 30.0 Å². The van der Waals surface area contributed by atoms with Crippen molar-refractivity contribution >= 4 is 17.5 Å². The first kappa shape index (κ1) is 18.6. The summed E-state index contributed by atoms with van der Waals surface area (Å²) in [6.07, 6.45) is 3.22. The third-order valence-corrected chi connectivity index (χ3v) is 3.90. The number of anilines is 2. The van der Waals surface area contributed by atoms with E-state index in [4.69, 9.17) is 0 Å². The highest BCUT2D eigenvalue weighted by molar-refractivity contribution is 5.92. The number of hydrogen-bond acceptors (Lipinski definition) is 4. The van der Waals surface area contributed by atoms with E-state index in [9.17, 15) is 4.79 Å². The van der Waals surface area contributed by atoms with Crippen LogP contribution in [-0.4, -0.2) is 22.4 Å². The van der Waals surface area contributed by atoms with Crippen LogP contribution in [0.2, 0.25) is 0 Å². The fourth-order valence-electron chi connectivity index (χ4n) is 2.61.